The Morgan fingerprint density at radius 1 is 1.14 bits per heavy atom. The summed E-state index contributed by atoms with van der Waals surface area (Å²) in [5, 5.41) is 0. The minimum atomic E-state index is -0.404. The summed E-state index contributed by atoms with van der Waals surface area (Å²) in [7, 11) is -0.404. The topological polar surface area (TPSA) is 0 Å². The van der Waals surface area contributed by atoms with E-state index in [-0.39, 0.29) is 0 Å². The van der Waals surface area contributed by atoms with Crippen molar-refractivity contribution >= 4 is 35.5 Å². The molecule has 38 valence electrons. The molecule has 0 aliphatic carbocycles. The van der Waals surface area contributed by atoms with Crippen LogP contribution in [0.5, 0.6) is 0 Å². The molecule has 7 heavy (non-hydrogen) atoms. The van der Waals surface area contributed by atoms with Crippen LogP contribution in [-0.4, -0.2) is 15.1 Å². The van der Waals surface area contributed by atoms with Gasteiger partial charge in [0.25, 0.3) is 0 Å². The molecule has 0 radical (unpaired) electrons. The van der Waals surface area contributed by atoms with Crippen LogP contribution < -0.4 is 0 Å². The molecule has 1 atom stereocenters. The zero-order valence-electron chi connectivity index (χ0n) is 3.67. The molecule has 0 amide bonds. The Labute approximate surface area is 58.5 Å². The maximum atomic E-state index is 2.49. The summed E-state index contributed by atoms with van der Waals surface area (Å²) in [4.78, 5) is 4.56. The van der Waals surface area contributed by atoms with Crippen LogP contribution in [0.4, 0.5) is 0 Å². The molecule has 1 unspecified atom stereocenters. The van der Waals surface area contributed by atoms with E-state index in [2.05, 4.69) is 48.5 Å². The summed E-state index contributed by atoms with van der Waals surface area (Å²) < 4.78 is 0. The van der Waals surface area contributed by atoms with Gasteiger partial charge in [-0.05, 0) is 0 Å². The van der Waals surface area contributed by atoms with E-state index in [0.717, 1.165) is 0 Å². The molecule has 0 aromatic carbocycles. The predicted octanol–water partition coefficient (Wildman–Crippen LogP) is 1.46. The molecule has 0 saturated heterocycles. The third kappa shape index (κ3) is 1.89. The Morgan fingerprint density at radius 2 is 2.00 bits per heavy atom. The van der Waals surface area contributed by atoms with Gasteiger partial charge in [-0.3, -0.25) is 0 Å². The van der Waals surface area contributed by atoms with Gasteiger partial charge < -0.3 is 0 Å². The third-order valence-electron chi connectivity index (χ3n) is 0.639. The van der Waals surface area contributed by atoms with E-state index >= 15 is 0 Å². The molecular weight excluding hydrogens is 266 g/mol. The molecule has 1 aliphatic heterocycles. The third-order valence-corrected chi connectivity index (χ3v) is 5.44. The van der Waals surface area contributed by atoms with Gasteiger partial charge in [-0.25, -0.2) is 0 Å². The zero-order valence-corrected chi connectivity index (χ0v) is 7.54. The van der Waals surface area contributed by atoms with E-state index in [9.17, 15) is 0 Å². The molecule has 1 heterocycles. The molecule has 0 nitrogen and oxygen atoms in total. The average molecular weight is 271 g/mol. The average Bonchev–Trinajstić information content (AvgIpc) is 1.69. The fourth-order valence-corrected chi connectivity index (χ4v) is 3.31. The van der Waals surface area contributed by atoms with Crippen molar-refractivity contribution in [3.63, 3.8) is 0 Å². The van der Waals surface area contributed by atoms with Crippen molar-refractivity contribution in [1.29, 1.82) is 0 Å². The van der Waals surface area contributed by atoms with E-state index in [1.54, 1.807) is 0 Å². The van der Waals surface area contributed by atoms with E-state index in [1.807, 2.05) is 0 Å². The molecule has 0 saturated carbocycles. The monoisotopic (exact) mass is 272 g/mol. The van der Waals surface area contributed by atoms with Crippen LogP contribution in [0, 0.1) is 0 Å². The Hall–Kier alpha value is 0.599. The number of rotatable bonds is 0. The summed E-state index contributed by atoms with van der Waals surface area (Å²) in [5.74, 6) is 0. The first-order valence-corrected chi connectivity index (χ1v) is 9.16. The van der Waals surface area contributed by atoms with Crippen LogP contribution in [0.3, 0.4) is 0 Å². The Morgan fingerprint density at radius 3 is 2.29 bits per heavy atom. The predicted molar refractivity (Wildman–Crippen MR) is 44.1 cm³/mol. The van der Waals surface area contributed by atoms with Crippen molar-refractivity contribution in [2.45, 2.75) is 0 Å². The van der Waals surface area contributed by atoms with Crippen molar-refractivity contribution < 1.29 is 0 Å². The van der Waals surface area contributed by atoms with Crippen molar-refractivity contribution in [3.05, 3.63) is 23.2 Å². The van der Waals surface area contributed by atoms with Gasteiger partial charge in [0.1, 0.15) is 0 Å². The van der Waals surface area contributed by atoms with Gasteiger partial charge in [0.15, 0.2) is 0 Å². The van der Waals surface area contributed by atoms with E-state index in [4.69, 9.17) is 0 Å². The van der Waals surface area contributed by atoms with Crippen molar-refractivity contribution in [2.24, 2.45) is 0 Å². The Kier molecular flexibility index (Phi) is 2.29. The Balaban J connectivity index is 2.82. The van der Waals surface area contributed by atoms with Gasteiger partial charge in [-0.15, -0.1) is 0 Å². The number of halogens is 1. The minimum absolute atomic E-state index is 0.404. The zero-order chi connectivity index (χ0) is 5.11. The molecule has 0 spiro atoms. The summed E-state index contributed by atoms with van der Waals surface area (Å²) in [6.45, 7) is 0. The van der Waals surface area contributed by atoms with Crippen LogP contribution in [0.1, 0.15) is 0 Å². The van der Waals surface area contributed by atoms with Gasteiger partial charge in [-0.1, -0.05) is 0 Å². The molecule has 0 N–H and O–H groups in total. The SMILES string of the molecule is I[Se]1=CC=CC=C1. The van der Waals surface area contributed by atoms with Crippen LogP contribution in [0.15, 0.2) is 23.2 Å². The van der Waals surface area contributed by atoms with Crippen molar-refractivity contribution in [1.82, 2.24) is 0 Å². The fourth-order valence-electron chi connectivity index (χ4n) is 0.350. The molecule has 0 fully saturated rings. The summed E-state index contributed by atoms with van der Waals surface area (Å²) >= 11 is 2.49. The maximum absolute atomic E-state index is 2.49. The van der Waals surface area contributed by atoms with E-state index in [1.165, 1.54) is 0 Å². The standard InChI is InChI=1S/C5H5ISe/c6-7-4-2-1-3-5-7/h1-5H. The number of hydrogen-bond acceptors (Lipinski definition) is 0. The summed E-state index contributed by atoms with van der Waals surface area (Å²) in [6.07, 6.45) is 6.31. The summed E-state index contributed by atoms with van der Waals surface area (Å²) in [5.41, 5.74) is 0. The van der Waals surface area contributed by atoms with E-state index in [0.29, 0.717) is 0 Å². The Bertz CT molecular complexity index is 144. The second-order valence-electron chi connectivity index (χ2n) is 1.16. The second kappa shape index (κ2) is 2.80. The van der Waals surface area contributed by atoms with Gasteiger partial charge in [0.2, 0.25) is 0 Å². The normalized spacial score (nSPS) is 27.3. The molecule has 0 aromatic rings. The first-order chi connectivity index (χ1) is 3.39. The number of allylic oxidation sites excluding steroid dienone is 3. The van der Waals surface area contributed by atoms with Crippen molar-refractivity contribution in [3.8, 4) is 0 Å². The second-order valence-corrected chi connectivity index (χ2v) is 8.91. The first-order valence-electron chi connectivity index (χ1n) is 1.96. The first kappa shape index (κ1) is 5.73. The van der Waals surface area contributed by atoms with E-state index < -0.39 is 10.2 Å². The summed E-state index contributed by atoms with van der Waals surface area (Å²) in [6, 6.07) is 0. The molecule has 1 aliphatic rings. The molecular formula is C5H5ISe. The van der Waals surface area contributed by atoms with Crippen LogP contribution >= 0.6 is 20.3 Å². The van der Waals surface area contributed by atoms with Gasteiger partial charge in [-0.2, -0.15) is 0 Å². The number of hydrogen-bond donors (Lipinski definition) is 0. The fraction of sp³-hybridized carbons (Fsp3) is 0. The molecule has 0 bridgehead atoms. The van der Waals surface area contributed by atoms with Crippen LogP contribution in [0.2, 0.25) is 0 Å². The van der Waals surface area contributed by atoms with Crippen LogP contribution in [-0.2, 0) is 0 Å². The van der Waals surface area contributed by atoms with Gasteiger partial charge >= 0.3 is 58.7 Å². The molecule has 0 aromatic heterocycles. The quantitative estimate of drug-likeness (QED) is 0.462. The molecule has 2 heteroatoms. The van der Waals surface area contributed by atoms with Gasteiger partial charge in [0.05, 0.1) is 0 Å². The van der Waals surface area contributed by atoms with Gasteiger partial charge in [0, 0.05) is 0 Å². The molecule has 1 rings (SSSR count). The van der Waals surface area contributed by atoms with Crippen molar-refractivity contribution in [2.75, 3.05) is 0 Å². The van der Waals surface area contributed by atoms with Crippen LogP contribution in [0.25, 0.3) is 0 Å².